The second-order valence-electron chi connectivity index (χ2n) is 4.96. The van der Waals surface area contributed by atoms with Crippen molar-refractivity contribution in [2.75, 3.05) is 5.73 Å². The number of amides is 1. The van der Waals surface area contributed by atoms with Gasteiger partial charge in [-0.2, -0.15) is 0 Å². The minimum absolute atomic E-state index is 0.0816. The highest BCUT2D eigenvalue weighted by Crippen LogP contribution is 2.24. The Labute approximate surface area is 138 Å². The van der Waals surface area contributed by atoms with Crippen LogP contribution >= 0.6 is 31.9 Å². The number of aromatic nitrogens is 3. The number of rotatable bonds is 2. The number of H-pyrrole nitrogens is 1. The van der Waals surface area contributed by atoms with Crippen LogP contribution < -0.4 is 11.1 Å². The number of nitrogens with two attached hydrogens (primary N) is 1. The van der Waals surface area contributed by atoms with Gasteiger partial charge in [-0.1, -0.05) is 0 Å². The molecule has 8 heteroatoms. The lowest BCUT2D eigenvalue weighted by Crippen LogP contribution is -2.39. The van der Waals surface area contributed by atoms with Crippen LogP contribution in [0.4, 0.5) is 5.95 Å². The first-order valence-corrected chi connectivity index (χ1v) is 8.06. The largest absolute Gasteiger partial charge is 0.368 e. The van der Waals surface area contributed by atoms with E-state index in [0.717, 1.165) is 39.6 Å². The molecule has 21 heavy (non-hydrogen) atoms. The summed E-state index contributed by atoms with van der Waals surface area (Å²) in [6.45, 7) is 0. The molecule has 0 spiro atoms. The van der Waals surface area contributed by atoms with Gasteiger partial charge in [0.05, 0.1) is 9.08 Å². The number of fused-ring (bicyclic) bond motifs is 1. The molecule has 1 atom stereocenters. The van der Waals surface area contributed by atoms with E-state index in [9.17, 15) is 4.79 Å². The lowest BCUT2D eigenvalue weighted by atomic mass is 9.93. The minimum atomic E-state index is -0.119. The number of aromatic amines is 1. The standard InChI is InChI=1S/C13H13Br2N5O/c14-8-4-10(19-11(8)15)12(21)18-7-1-2-9-6(3-7)5-17-13(16)20-9/h4-5,7,19H,1-3H2,(H,18,21)(H2,16,17,20). The molecule has 1 aliphatic rings. The van der Waals surface area contributed by atoms with Crippen LogP contribution in [0, 0.1) is 0 Å². The SMILES string of the molecule is Nc1ncc2c(n1)CCC(NC(=O)c1cc(Br)c(Br)[nH]1)C2. The van der Waals surface area contributed by atoms with Crippen LogP contribution in [0.5, 0.6) is 0 Å². The summed E-state index contributed by atoms with van der Waals surface area (Å²) >= 11 is 6.68. The monoisotopic (exact) mass is 413 g/mol. The molecule has 0 aliphatic heterocycles. The average Bonchev–Trinajstić information content (AvgIpc) is 2.79. The van der Waals surface area contributed by atoms with E-state index in [4.69, 9.17) is 5.73 Å². The first-order chi connectivity index (χ1) is 10.0. The van der Waals surface area contributed by atoms with Gasteiger partial charge in [0.1, 0.15) is 5.69 Å². The van der Waals surface area contributed by atoms with E-state index < -0.39 is 0 Å². The second kappa shape index (κ2) is 5.76. The predicted octanol–water partition coefficient (Wildman–Crippen LogP) is 2.20. The van der Waals surface area contributed by atoms with Gasteiger partial charge in [-0.3, -0.25) is 4.79 Å². The number of hydrogen-bond acceptors (Lipinski definition) is 4. The maximum atomic E-state index is 12.2. The molecule has 110 valence electrons. The number of nitrogen functional groups attached to an aromatic ring is 1. The summed E-state index contributed by atoms with van der Waals surface area (Å²) in [4.78, 5) is 23.4. The van der Waals surface area contributed by atoms with Crippen molar-refractivity contribution in [2.45, 2.75) is 25.3 Å². The summed E-state index contributed by atoms with van der Waals surface area (Å²) in [5, 5.41) is 3.03. The van der Waals surface area contributed by atoms with Gasteiger partial charge in [0, 0.05) is 17.9 Å². The third kappa shape index (κ3) is 3.11. The van der Waals surface area contributed by atoms with Gasteiger partial charge in [-0.05, 0) is 62.8 Å². The molecule has 0 saturated heterocycles. The molecule has 1 aliphatic carbocycles. The summed E-state index contributed by atoms with van der Waals surface area (Å²) in [7, 11) is 0. The number of nitrogens with one attached hydrogen (secondary N) is 2. The van der Waals surface area contributed by atoms with Crippen molar-refractivity contribution >= 4 is 43.7 Å². The lowest BCUT2D eigenvalue weighted by molar-refractivity contribution is 0.0929. The van der Waals surface area contributed by atoms with Crippen LogP contribution in [0.1, 0.15) is 28.2 Å². The fraction of sp³-hybridized carbons (Fsp3) is 0.308. The Kier molecular flexibility index (Phi) is 3.99. The zero-order chi connectivity index (χ0) is 15.0. The van der Waals surface area contributed by atoms with E-state index in [0.29, 0.717) is 11.6 Å². The third-order valence-electron chi connectivity index (χ3n) is 3.47. The summed E-state index contributed by atoms with van der Waals surface area (Å²) < 4.78 is 1.58. The summed E-state index contributed by atoms with van der Waals surface area (Å²) in [5.41, 5.74) is 8.14. The Morgan fingerprint density at radius 2 is 2.29 bits per heavy atom. The molecule has 0 bridgehead atoms. The fourth-order valence-electron chi connectivity index (χ4n) is 2.44. The van der Waals surface area contributed by atoms with Gasteiger partial charge in [0.15, 0.2) is 0 Å². The Bertz CT molecular complexity index is 680. The van der Waals surface area contributed by atoms with E-state index in [2.05, 4.69) is 52.1 Å². The lowest BCUT2D eigenvalue weighted by Gasteiger charge is -2.24. The Balaban J connectivity index is 1.69. The van der Waals surface area contributed by atoms with Crippen LogP contribution in [0.3, 0.4) is 0 Å². The average molecular weight is 415 g/mol. The number of carbonyl (C=O) groups excluding carboxylic acids is 1. The highest BCUT2D eigenvalue weighted by molar-refractivity contribution is 9.13. The van der Waals surface area contributed by atoms with Gasteiger partial charge in [-0.25, -0.2) is 9.97 Å². The first kappa shape index (κ1) is 14.5. The second-order valence-corrected chi connectivity index (χ2v) is 6.61. The van der Waals surface area contributed by atoms with Crippen molar-refractivity contribution in [1.29, 1.82) is 0 Å². The van der Waals surface area contributed by atoms with E-state index in [-0.39, 0.29) is 11.9 Å². The van der Waals surface area contributed by atoms with Crippen molar-refractivity contribution in [2.24, 2.45) is 0 Å². The van der Waals surface area contributed by atoms with E-state index in [1.807, 2.05) is 0 Å². The van der Waals surface area contributed by atoms with Crippen LogP contribution in [-0.4, -0.2) is 26.9 Å². The zero-order valence-electron chi connectivity index (χ0n) is 11.0. The van der Waals surface area contributed by atoms with Crippen LogP contribution in [-0.2, 0) is 12.8 Å². The maximum absolute atomic E-state index is 12.2. The maximum Gasteiger partial charge on any atom is 0.267 e. The van der Waals surface area contributed by atoms with Gasteiger partial charge < -0.3 is 16.0 Å². The molecule has 0 saturated carbocycles. The molecule has 0 radical (unpaired) electrons. The molecule has 2 heterocycles. The molecule has 6 nitrogen and oxygen atoms in total. The summed E-state index contributed by atoms with van der Waals surface area (Å²) in [5.74, 6) is 0.184. The molecular weight excluding hydrogens is 402 g/mol. The highest BCUT2D eigenvalue weighted by Gasteiger charge is 2.23. The molecule has 1 amide bonds. The first-order valence-electron chi connectivity index (χ1n) is 6.48. The van der Waals surface area contributed by atoms with Crippen molar-refractivity contribution in [3.05, 3.63) is 38.3 Å². The number of hydrogen-bond donors (Lipinski definition) is 3. The fourth-order valence-corrected chi connectivity index (χ4v) is 3.09. The van der Waals surface area contributed by atoms with Crippen molar-refractivity contribution in [1.82, 2.24) is 20.3 Å². The normalized spacial score (nSPS) is 17.3. The van der Waals surface area contributed by atoms with Crippen LogP contribution in [0.2, 0.25) is 0 Å². The molecule has 4 N–H and O–H groups in total. The topological polar surface area (TPSA) is 96.7 Å². The smallest absolute Gasteiger partial charge is 0.267 e. The van der Waals surface area contributed by atoms with E-state index in [1.54, 1.807) is 12.3 Å². The van der Waals surface area contributed by atoms with Crippen molar-refractivity contribution in [3.8, 4) is 0 Å². The summed E-state index contributed by atoms with van der Waals surface area (Å²) in [6.07, 6.45) is 4.12. The predicted molar refractivity (Wildman–Crippen MR) is 85.9 cm³/mol. The van der Waals surface area contributed by atoms with Gasteiger partial charge in [-0.15, -0.1) is 0 Å². The minimum Gasteiger partial charge on any atom is -0.368 e. The van der Waals surface area contributed by atoms with E-state index >= 15 is 0 Å². The Hall–Kier alpha value is -1.41. The molecule has 1 unspecified atom stereocenters. The number of nitrogens with zero attached hydrogens (tertiary/aromatic N) is 2. The number of carbonyl (C=O) groups is 1. The number of anilines is 1. The highest BCUT2D eigenvalue weighted by atomic mass is 79.9. The quantitative estimate of drug-likeness (QED) is 0.701. The van der Waals surface area contributed by atoms with Crippen LogP contribution in [0.25, 0.3) is 0 Å². The number of aryl methyl sites for hydroxylation is 1. The molecule has 0 aromatic carbocycles. The molecule has 2 aromatic rings. The van der Waals surface area contributed by atoms with E-state index in [1.165, 1.54) is 0 Å². The van der Waals surface area contributed by atoms with Crippen molar-refractivity contribution < 1.29 is 4.79 Å². The van der Waals surface area contributed by atoms with Gasteiger partial charge >= 0.3 is 0 Å². The Morgan fingerprint density at radius 3 is 3.00 bits per heavy atom. The zero-order valence-corrected chi connectivity index (χ0v) is 14.2. The van der Waals surface area contributed by atoms with Crippen molar-refractivity contribution in [3.63, 3.8) is 0 Å². The van der Waals surface area contributed by atoms with Gasteiger partial charge in [0.2, 0.25) is 5.95 Å². The molecule has 0 fully saturated rings. The third-order valence-corrected chi connectivity index (χ3v) is 5.26. The van der Waals surface area contributed by atoms with Crippen LogP contribution in [0.15, 0.2) is 21.3 Å². The molecular formula is C13H13Br2N5O. The molecule has 2 aromatic heterocycles. The Morgan fingerprint density at radius 1 is 1.48 bits per heavy atom. The summed E-state index contributed by atoms with van der Waals surface area (Å²) in [6, 6.07) is 1.83. The van der Waals surface area contributed by atoms with Gasteiger partial charge in [0.25, 0.3) is 5.91 Å². The number of halogens is 2. The molecule has 3 rings (SSSR count).